The van der Waals surface area contributed by atoms with Crippen LogP contribution in [0.15, 0.2) is 29.1 Å². The van der Waals surface area contributed by atoms with Gasteiger partial charge < -0.3 is 15.2 Å². The second-order valence-electron chi connectivity index (χ2n) is 8.99. The van der Waals surface area contributed by atoms with Gasteiger partial charge in [0.2, 0.25) is 5.95 Å². The molecule has 36 heavy (non-hydrogen) atoms. The van der Waals surface area contributed by atoms with Crippen molar-refractivity contribution >= 4 is 22.5 Å². The van der Waals surface area contributed by atoms with Gasteiger partial charge in [-0.15, -0.1) is 0 Å². The summed E-state index contributed by atoms with van der Waals surface area (Å²) < 4.78 is 70.2. The molecule has 190 valence electrons. The van der Waals surface area contributed by atoms with Crippen LogP contribution in [0.25, 0.3) is 10.9 Å². The lowest BCUT2D eigenvalue weighted by Gasteiger charge is -2.36. The first-order valence-corrected chi connectivity index (χ1v) is 11.5. The van der Waals surface area contributed by atoms with Crippen LogP contribution in [0.4, 0.5) is 27.6 Å². The molecule has 7 nitrogen and oxygen atoms in total. The molecule has 0 spiro atoms. The summed E-state index contributed by atoms with van der Waals surface area (Å²) in [5.74, 6) is -2.98. The van der Waals surface area contributed by atoms with E-state index >= 15 is 4.39 Å². The maximum Gasteiger partial charge on any atom is 0.270 e. The number of hydrogen-bond acceptors (Lipinski definition) is 5. The van der Waals surface area contributed by atoms with E-state index in [1.54, 1.807) is 4.90 Å². The van der Waals surface area contributed by atoms with Crippen LogP contribution in [-0.2, 0) is 6.54 Å². The maximum atomic E-state index is 15.0. The topological polar surface area (TPSA) is 81.3 Å². The van der Waals surface area contributed by atoms with Crippen LogP contribution < -0.4 is 15.8 Å². The van der Waals surface area contributed by atoms with E-state index in [0.717, 1.165) is 18.9 Å². The molecule has 0 radical (unpaired) electrons. The van der Waals surface area contributed by atoms with E-state index in [9.17, 15) is 27.2 Å². The van der Waals surface area contributed by atoms with Gasteiger partial charge in [0.15, 0.2) is 5.82 Å². The number of fused-ring (bicyclic) bond motifs is 1. The molecule has 0 atom stereocenters. The Bertz CT molecular complexity index is 1380. The zero-order chi connectivity index (χ0) is 25.6. The summed E-state index contributed by atoms with van der Waals surface area (Å²) in [5.41, 5.74) is -2.34. The summed E-state index contributed by atoms with van der Waals surface area (Å²) in [5, 5.41) is 2.33. The first-order chi connectivity index (χ1) is 17.2. The van der Waals surface area contributed by atoms with Crippen molar-refractivity contribution in [2.24, 2.45) is 0 Å². The van der Waals surface area contributed by atoms with Crippen LogP contribution in [0.3, 0.4) is 0 Å². The van der Waals surface area contributed by atoms with Crippen LogP contribution >= 0.6 is 0 Å². The van der Waals surface area contributed by atoms with Gasteiger partial charge in [0, 0.05) is 49.7 Å². The standard InChI is InChI=1S/C24H22F5N5O2/c25-16-9-12(19(26)20-14(16)10-15(21(27)28)23(35)32-20)11-33-5-7-34(8-6-33)18-4-3-17(31-22(18)29)24(36)30-13-1-2-13/h3-4,9-10,13,21H,1-2,5-8,11H2,(H,30,36)(H,32,35). The molecule has 3 heterocycles. The predicted molar refractivity (Wildman–Crippen MR) is 122 cm³/mol. The fraction of sp³-hybridized carbons (Fsp3) is 0.375. The molecule has 0 unspecified atom stereocenters. The highest BCUT2D eigenvalue weighted by Crippen LogP contribution is 2.27. The predicted octanol–water partition coefficient (Wildman–Crippen LogP) is 3.49. The van der Waals surface area contributed by atoms with Crippen molar-refractivity contribution in [2.45, 2.75) is 31.9 Å². The molecule has 12 heteroatoms. The zero-order valence-corrected chi connectivity index (χ0v) is 19.0. The van der Waals surface area contributed by atoms with E-state index in [-0.39, 0.29) is 29.5 Å². The molecular formula is C24H22F5N5O2. The number of hydrogen-bond donors (Lipinski definition) is 2. The number of rotatable bonds is 6. The number of nitrogens with zero attached hydrogens (tertiary/aromatic N) is 3. The molecule has 2 fully saturated rings. The average molecular weight is 507 g/mol. The van der Waals surface area contributed by atoms with Crippen molar-refractivity contribution in [3.8, 4) is 0 Å². The number of aromatic amines is 1. The Kier molecular flexibility index (Phi) is 6.37. The molecule has 1 aliphatic heterocycles. The quantitative estimate of drug-likeness (QED) is 0.395. The highest BCUT2D eigenvalue weighted by Gasteiger charge is 2.26. The van der Waals surface area contributed by atoms with Crippen LogP contribution in [-0.4, -0.2) is 53.0 Å². The third-order valence-electron chi connectivity index (χ3n) is 6.45. The fourth-order valence-electron chi connectivity index (χ4n) is 4.30. The number of nitrogens with one attached hydrogen (secondary N) is 2. The molecule has 5 rings (SSSR count). The van der Waals surface area contributed by atoms with E-state index in [0.29, 0.717) is 32.2 Å². The third kappa shape index (κ3) is 4.77. The third-order valence-corrected chi connectivity index (χ3v) is 6.45. The molecule has 1 saturated carbocycles. The number of halogens is 5. The highest BCUT2D eigenvalue weighted by atomic mass is 19.3. The summed E-state index contributed by atoms with van der Waals surface area (Å²) in [7, 11) is 0. The van der Waals surface area contributed by atoms with Crippen molar-refractivity contribution in [1.82, 2.24) is 20.2 Å². The Labute approximate surface area is 201 Å². The Hall–Kier alpha value is -3.54. The van der Waals surface area contributed by atoms with Crippen molar-refractivity contribution in [3.05, 3.63) is 69.0 Å². The molecule has 1 aliphatic carbocycles. The molecular weight excluding hydrogens is 485 g/mol. The maximum absolute atomic E-state index is 15.0. The lowest BCUT2D eigenvalue weighted by atomic mass is 10.1. The number of H-pyrrole nitrogens is 1. The number of benzene rings is 1. The Balaban J connectivity index is 1.27. The first-order valence-electron chi connectivity index (χ1n) is 11.5. The van der Waals surface area contributed by atoms with Gasteiger partial charge in [-0.25, -0.2) is 22.5 Å². The number of amides is 1. The fourth-order valence-corrected chi connectivity index (χ4v) is 4.30. The van der Waals surface area contributed by atoms with Gasteiger partial charge >= 0.3 is 0 Å². The molecule has 2 aromatic heterocycles. The first kappa shape index (κ1) is 24.2. The summed E-state index contributed by atoms with van der Waals surface area (Å²) in [6, 6.07) is 4.71. The Morgan fingerprint density at radius 1 is 1.11 bits per heavy atom. The van der Waals surface area contributed by atoms with Crippen LogP contribution in [0.5, 0.6) is 0 Å². The summed E-state index contributed by atoms with van der Waals surface area (Å²) in [4.78, 5) is 33.3. The minimum Gasteiger partial charge on any atom is -0.365 e. The number of piperazine rings is 1. The normalized spacial score (nSPS) is 16.7. The number of carbonyl (C=O) groups is 1. The molecule has 2 aliphatic rings. The molecule has 2 N–H and O–H groups in total. The Morgan fingerprint density at radius 3 is 2.47 bits per heavy atom. The van der Waals surface area contributed by atoms with Gasteiger partial charge in [-0.1, -0.05) is 0 Å². The number of anilines is 1. The Morgan fingerprint density at radius 2 is 1.83 bits per heavy atom. The van der Waals surface area contributed by atoms with Crippen molar-refractivity contribution in [2.75, 3.05) is 31.1 Å². The highest BCUT2D eigenvalue weighted by molar-refractivity contribution is 5.92. The number of aromatic nitrogens is 2. The van der Waals surface area contributed by atoms with Gasteiger partial charge in [-0.05, 0) is 37.1 Å². The van der Waals surface area contributed by atoms with E-state index in [1.807, 2.05) is 9.88 Å². The summed E-state index contributed by atoms with van der Waals surface area (Å²) >= 11 is 0. The lowest BCUT2D eigenvalue weighted by molar-refractivity contribution is 0.0945. The largest absolute Gasteiger partial charge is 0.365 e. The van der Waals surface area contributed by atoms with Gasteiger partial charge in [-0.3, -0.25) is 14.5 Å². The molecule has 1 aromatic carbocycles. The van der Waals surface area contributed by atoms with E-state index < -0.39 is 51.9 Å². The minimum atomic E-state index is -3.12. The smallest absolute Gasteiger partial charge is 0.270 e. The lowest BCUT2D eigenvalue weighted by Crippen LogP contribution is -2.46. The van der Waals surface area contributed by atoms with Gasteiger partial charge in [0.05, 0.1) is 16.8 Å². The SMILES string of the molecule is O=C(NC1CC1)c1ccc(N2CCN(Cc3cc(F)c4cc(C(F)F)c(=O)[nH]c4c3F)CC2)c(F)n1. The van der Waals surface area contributed by atoms with Gasteiger partial charge in [-0.2, -0.15) is 4.39 Å². The van der Waals surface area contributed by atoms with Crippen LogP contribution in [0.2, 0.25) is 0 Å². The summed E-state index contributed by atoms with van der Waals surface area (Å²) in [6.07, 6.45) is -1.30. The second-order valence-corrected chi connectivity index (χ2v) is 8.99. The molecule has 0 bridgehead atoms. The monoisotopic (exact) mass is 507 g/mol. The average Bonchev–Trinajstić information content (AvgIpc) is 3.66. The van der Waals surface area contributed by atoms with E-state index in [2.05, 4.69) is 10.3 Å². The zero-order valence-electron chi connectivity index (χ0n) is 19.0. The number of carbonyl (C=O) groups excluding carboxylic acids is 1. The minimum absolute atomic E-state index is 0.00612. The van der Waals surface area contributed by atoms with E-state index in [4.69, 9.17) is 0 Å². The van der Waals surface area contributed by atoms with Gasteiger partial charge in [0.1, 0.15) is 11.5 Å². The number of alkyl halides is 2. The molecule has 1 saturated heterocycles. The molecule has 3 aromatic rings. The van der Waals surface area contributed by atoms with Gasteiger partial charge in [0.25, 0.3) is 17.9 Å². The van der Waals surface area contributed by atoms with Crippen molar-refractivity contribution in [3.63, 3.8) is 0 Å². The van der Waals surface area contributed by atoms with Crippen LogP contribution in [0, 0.1) is 17.6 Å². The van der Waals surface area contributed by atoms with Crippen molar-refractivity contribution in [1.29, 1.82) is 0 Å². The second kappa shape index (κ2) is 9.49. The van der Waals surface area contributed by atoms with Crippen LogP contribution in [0.1, 0.15) is 40.9 Å². The molecule has 1 amide bonds. The van der Waals surface area contributed by atoms with E-state index in [1.165, 1.54) is 12.1 Å². The number of pyridine rings is 2. The van der Waals surface area contributed by atoms with Crippen molar-refractivity contribution < 1.29 is 26.7 Å². The summed E-state index contributed by atoms with van der Waals surface area (Å²) in [6.45, 7) is 1.54.